The van der Waals surface area contributed by atoms with Crippen molar-refractivity contribution in [3.05, 3.63) is 76.8 Å². The third-order valence-corrected chi connectivity index (χ3v) is 6.15. The van der Waals surface area contributed by atoms with Crippen LogP contribution in [0.1, 0.15) is 43.0 Å². The zero-order valence-electron chi connectivity index (χ0n) is 18.4. The van der Waals surface area contributed by atoms with Crippen LogP contribution in [0.2, 0.25) is 0 Å². The number of anilines is 1. The third-order valence-electron chi connectivity index (χ3n) is 5.39. The van der Waals surface area contributed by atoms with Crippen molar-refractivity contribution in [1.29, 1.82) is 0 Å². The summed E-state index contributed by atoms with van der Waals surface area (Å²) in [5.41, 5.74) is 4.63. The summed E-state index contributed by atoms with van der Waals surface area (Å²) in [6, 6.07) is 15.2. The van der Waals surface area contributed by atoms with Crippen LogP contribution in [0, 0.1) is 0 Å². The van der Waals surface area contributed by atoms with Gasteiger partial charge in [-0.1, -0.05) is 48.5 Å². The fourth-order valence-electron chi connectivity index (χ4n) is 3.74. The lowest BCUT2D eigenvalue weighted by molar-refractivity contribution is -0.129. The standard InChI is InChI=1S/C25H24N4O3S/c1-16(30)26-14-18-7-9-20(10-8-18)22-15-33-25(27-22)28-24(32)13-23-21-6-4-3-5-19(21)11-12-29(23)17(2)31/h3-12,15,23H,13-14H2,1-2H3,(H,26,30)(H,27,28,32)/t23-/m1/s1. The number of nitrogens with one attached hydrogen (secondary N) is 2. The molecule has 2 aromatic carbocycles. The molecule has 8 heteroatoms. The first-order chi connectivity index (χ1) is 15.9. The maximum Gasteiger partial charge on any atom is 0.228 e. The number of amides is 3. The van der Waals surface area contributed by atoms with Gasteiger partial charge in [0.15, 0.2) is 5.13 Å². The number of aromatic nitrogens is 1. The summed E-state index contributed by atoms with van der Waals surface area (Å²) in [4.78, 5) is 42.2. The van der Waals surface area contributed by atoms with E-state index < -0.39 is 0 Å². The van der Waals surface area contributed by atoms with Crippen molar-refractivity contribution in [1.82, 2.24) is 15.2 Å². The van der Waals surface area contributed by atoms with E-state index in [1.165, 1.54) is 25.2 Å². The fourth-order valence-corrected chi connectivity index (χ4v) is 4.48. The minimum Gasteiger partial charge on any atom is -0.352 e. The molecule has 0 aliphatic carbocycles. The lowest BCUT2D eigenvalue weighted by Crippen LogP contribution is -2.33. The van der Waals surface area contributed by atoms with Gasteiger partial charge in [-0.25, -0.2) is 4.98 Å². The zero-order valence-corrected chi connectivity index (χ0v) is 19.2. The minimum atomic E-state index is -0.362. The predicted molar refractivity (Wildman–Crippen MR) is 129 cm³/mol. The number of hydrogen-bond acceptors (Lipinski definition) is 5. The van der Waals surface area contributed by atoms with E-state index >= 15 is 0 Å². The molecule has 2 heterocycles. The predicted octanol–water partition coefficient (Wildman–Crippen LogP) is 4.35. The highest BCUT2D eigenvalue weighted by atomic mass is 32.1. The van der Waals surface area contributed by atoms with Crippen molar-refractivity contribution in [2.75, 3.05) is 5.32 Å². The Morgan fingerprint density at radius 3 is 2.55 bits per heavy atom. The van der Waals surface area contributed by atoms with Gasteiger partial charge in [0.1, 0.15) is 0 Å². The van der Waals surface area contributed by atoms with E-state index in [4.69, 9.17) is 0 Å². The molecule has 0 unspecified atom stereocenters. The Morgan fingerprint density at radius 2 is 1.82 bits per heavy atom. The molecule has 2 N–H and O–H groups in total. The molecule has 4 rings (SSSR count). The van der Waals surface area contributed by atoms with Gasteiger partial charge in [-0.3, -0.25) is 14.4 Å². The normalized spacial score (nSPS) is 14.5. The summed E-state index contributed by atoms with van der Waals surface area (Å²) in [7, 11) is 0. The van der Waals surface area contributed by atoms with E-state index in [1.807, 2.05) is 60.0 Å². The van der Waals surface area contributed by atoms with Gasteiger partial charge in [-0.05, 0) is 22.8 Å². The highest BCUT2D eigenvalue weighted by Gasteiger charge is 2.28. The summed E-state index contributed by atoms with van der Waals surface area (Å²) < 4.78 is 0. The summed E-state index contributed by atoms with van der Waals surface area (Å²) in [6.45, 7) is 3.46. The molecule has 3 aromatic rings. The molecule has 0 bridgehead atoms. The van der Waals surface area contributed by atoms with Crippen LogP contribution in [0.5, 0.6) is 0 Å². The smallest absolute Gasteiger partial charge is 0.228 e. The number of thiazole rings is 1. The highest BCUT2D eigenvalue weighted by molar-refractivity contribution is 7.14. The van der Waals surface area contributed by atoms with E-state index in [0.717, 1.165) is 27.9 Å². The Labute approximate surface area is 196 Å². The van der Waals surface area contributed by atoms with E-state index in [0.29, 0.717) is 11.7 Å². The molecule has 1 aliphatic rings. The van der Waals surface area contributed by atoms with Crippen LogP contribution >= 0.6 is 11.3 Å². The number of carbonyl (C=O) groups is 3. The van der Waals surface area contributed by atoms with Gasteiger partial charge in [0, 0.05) is 37.5 Å². The molecule has 7 nitrogen and oxygen atoms in total. The van der Waals surface area contributed by atoms with Crippen LogP contribution in [0.4, 0.5) is 5.13 Å². The Hall–Kier alpha value is -3.78. The van der Waals surface area contributed by atoms with Gasteiger partial charge in [0.2, 0.25) is 17.7 Å². The average molecular weight is 461 g/mol. The van der Waals surface area contributed by atoms with Crippen LogP contribution in [0.25, 0.3) is 17.3 Å². The SMILES string of the molecule is CC(=O)NCc1ccc(-c2csc(NC(=O)C[C@@H]3c4ccccc4C=CN3C(C)=O)n2)cc1. The quantitative estimate of drug-likeness (QED) is 0.572. The van der Waals surface area contributed by atoms with Gasteiger partial charge >= 0.3 is 0 Å². The maximum atomic E-state index is 12.8. The van der Waals surface area contributed by atoms with Gasteiger partial charge in [0.05, 0.1) is 18.2 Å². The first kappa shape index (κ1) is 22.4. The zero-order chi connectivity index (χ0) is 23.4. The summed E-state index contributed by atoms with van der Waals surface area (Å²) >= 11 is 1.35. The topological polar surface area (TPSA) is 91.4 Å². The van der Waals surface area contributed by atoms with Crippen LogP contribution in [-0.4, -0.2) is 27.6 Å². The van der Waals surface area contributed by atoms with Gasteiger partial charge in [-0.15, -0.1) is 11.3 Å². The second kappa shape index (κ2) is 9.79. The number of fused-ring (bicyclic) bond motifs is 1. The van der Waals surface area contributed by atoms with Crippen LogP contribution in [0.15, 0.2) is 60.1 Å². The summed E-state index contributed by atoms with van der Waals surface area (Å²) in [6.07, 6.45) is 3.76. The number of nitrogens with zero attached hydrogens (tertiary/aromatic N) is 2. The van der Waals surface area contributed by atoms with Crippen molar-refractivity contribution >= 4 is 40.3 Å². The molecule has 0 fully saturated rings. The van der Waals surface area contributed by atoms with Crippen LogP contribution in [0.3, 0.4) is 0 Å². The summed E-state index contributed by atoms with van der Waals surface area (Å²) in [5.74, 6) is -0.391. The number of benzene rings is 2. The molecule has 1 aliphatic heterocycles. The molecular formula is C25H24N4O3S. The molecule has 0 radical (unpaired) electrons. The number of rotatable bonds is 6. The number of carbonyl (C=O) groups excluding carboxylic acids is 3. The van der Waals surface area contributed by atoms with Crippen LogP contribution < -0.4 is 10.6 Å². The fraction of sp³-hybridized carbons (Fsp3) is 0.200. The minimum absolute atomic E-state index is 0.0712. The van der Waals surface area contributed by atoms with Crippen molar-refractivity contribution in [3.63, 3.8) is 0 Å². The molecule has 3 amide bonds. The Morgan fingerprint density at radius 1 is 1.06 bits per heavy atom. The Balaban J connectivity index is 1.43. The molecule has 33 heavy (non-hydrogen) atoms. The number of hydrogen-bond donors (Lipinski definition) is 2. The molecule has 0 saturated heterocycles. The van der Waals surface area contributed by atoms with Gasteiger partial charge < -0.3 is 15.5 Å². The van der Waals surface area contributed by atoms with E-state index in [-0.39, 0.29) is 30.2 Å². The van der Waals surface area contributed by atoms with Crippen LogP contribution in [-0.2, 0) is 20.9 Å². The lowest BCUT2D eigenvalue weighted by Gasteiger charge is -2.32. The first-order valence-corrected chi connectivity index (χ1v) is 11.4. The van der Waals surface area contributed by atoms with Crippen molar-refractivity contribution in [3.8, 4) is 11.3 Å². The molecule has 0 saturated carbocycles. The second-order valence-electron chi connectivity index (χ2n) is 7.78. The maximum absolute atomic E-state index is 12.8. The largest absolute Gasteiger partial charge is 0.352 e. The van der Waals surface area contributed by atoms with Crippen molar-refractivity contribution < 1.29 is 14.4 Å². The highest BCUT2D eigenvalue weighted by Crippen LogP contribution is 2.33. The molecular weight excluding hydrogens is 436 g/mol. The third kappa shape index (κ3) is 5.35. The molecule has 1 atom stereocenters. The van der Waals surface area contributed by atoms with Gasteiger partial charge in [0.25, 0.3) is 0 Å². The molecule has 0 spiro atoms. The van der Waals surface area contributed by atoms with E-state index in [2.05, 4.69) is 15.6 Å². The van der Waals surface area contributed by atoms with Crippen molar-refractivity contribution in [2.45, 2.75) is 32.9 Å². The van der Waals surface area contributed by atoms with Crippen molar-refractivity contribution in [2.24, 2.45) is 0 Å². The summed E-state index contributed by atoms with van der Waals surface area (Å²) in [5, 5.41) is 8.03. The first-order valence-electron chi connectivity index (χ1n) is 10.6. The average Bonchev–Trinajstić information content (AvgIpc) is 3.26. The molecule has 1 aromatic heterocycles. The Kier molecular flexibility index (Phi) is 6.65. The lowest BCUT2D eigenvalue weighted by atomic mass is 9.93. The second-order valence-corrected chi connectivity index (χ2v) is 8.64. The van der Waals surface area contributed by atoms with Gasteiger partial charge in [-0.2, -0.15) is 0 Å². The molecule has 168 valence electrons. The van der Waals surface area contributed by atoms with E-state index in [9.17, 15) is 14.4 Å². The Bertz CT molecular complexity index is 1220. The van der Waals surface area contributed by atoms with E-state index in [1.54, 1.807) is 11.1 Å². The monoisotopic (exact) mass is 460 g/mol.